The van der Waals surface area contributed by atoms with E-state index in [1.54, 1.807) is 6.20 Å². The van der Waals surface area contributed by atoms with Crippen molar-refractivity contribution in [3.63, 3.8) is 0 Å². The van der Waals surface area contributed by atoms with E-state index in [0.29, 0.717) is 35.5 Å². The highest BCUT2D eigenvalue weighted by molar-refractivity contribution is 6.06. The Morgan fingerprint density at radius 2 is 2.04 bits per heavy atom. The van der Waals surface area contributed by atoms with Crippen LogP contribution in [0.1, 0.15) is 67.5 Å². The molecule has 3 heterocycles. The van der Waals surface area contributed by atoms with E-state index in [9.17, 15) is 14.7 Å². The number of nitrogens with zero attached hydrogens (tertiary/aromatic N) is 4. The number of aromatic nitrogens is 3. The van der Waals surface area contributed by atoms with Gasteiger partial charge < -0.3 is 10.0 Å². The van der Waals surface area contributed by atoms with Crippen molar-refractivity contribution in [3.8, 4) is 0 Å². The summed E-state index contributed by atoms with van der Waals surface area (Å²) in [6.07, 6.45) is 5.08. The zero-order valence-corrected chi connectivity index (χ0v) is 14.5. The molecule has 1 unspecified atom stereocenters. The molecule has 0 bridgehead atoms. The Balaban J connectivity index is 1.83. The molecule has 2 aromatic heterocycles. The fraction of sp³-hybridized carbons (Fsp3) is 0.556. The summed E-state index contributed by atoms with van der Waals surface area (Å²) in [5, 5.41) is 14.5. The van der Waals surface area contributed by atoms with Gasteiger partial charge in [-0.15, -0.1) is 0 Å². The summed E-state index contributed by atoms with van der Waals surface area (Å²) in [6.45, 7) is 4.54. The molecule has 0 radical (unpaired) electrons. The zero-order valence-electron chi connectivity index (χ0n) is 14.5. The Bertz CT molecular complexity index is 853. The topological polar surface area (TPSA) is 88.3 Å². The van der Waals surface area contributed by atoms with E-state index in [-0.39, 0.29) is 11.9 Å². The third kappa shape index (κ3) is 2.67. The second kappa shape index (κ2) is 5.82. The number of likely N-dealkylation sites (tertiary alicyclic amines) is 1. The number of aliphatic carboxylic acids is 1. The average Bonchev–Trinajstić information content (AvgIpc) is 3.14. The number of hydrogen-bond acceptors (Lipinski definition) is 4. The molecular weight excluding hydrogens is 320 g/mol. The lowest BCUT2D eigenvalue weighted by atomic mass is 10.1. The minimum absolute atomic E-state index is 0.140. The third-order valence-electron chi connectivity index (χ3n) is 5.10. The maximum atomic E-state index is 13.1. The van der Waals surface area contributed by atoms with Crippen molar-refractivity contribution < 1.29 is 14.7 Å². The van der Waals surface area contributed by atoms with Crippen LogP contribution in [0.3, 0.4) is 0 Å². The van der Waals surface area contributed by atoms with Gasteiger partial charge in [0.05, 0.1) is 17.1 Å². The molecule has 132 valence electrons. The molecule has 7 heteroatoms. The van der Waals surface area contributed by atoms with Crippen LogP contribution in [0.5, 0.6) is 0 Å². The number of pyridine rings is 1. The number of carboxylic acid groups (broad SMARTS) is 1. The van der Waals surface area contributed by atoms with Crippen LogP contribution in [0, 0.1) is 0 Å². The number of carbonyl (C=O) groups excluding carboxylic acids is 1. The minimum atomic E-state index is -0.934. The van der Waals surface area contributed by atoms with Crippen LogP contribution in [0.4, 0.5) is 0 Å². The fourth-order valence-electron chi connectivity index (χ4n) is 3.60. The molecule has 4 rings (SSSR count). The predicted molar refractivity (Wildman–Crippen MR) is 91.6 cm³/mol. The van der Waals surface area contributed by atoms with Crippen LogP contribution in [0.2, 0.25) is 0 Å². The molecular formula is C18H22N4O3. The van der Waals surface area contributed by atoms with E-state index in [0.717, 1.165) is 25.0 Å². The smallest absolute Gasteiger partial charge is 0.326 e. The quantitative estimate of drug-likeness (QED) is 0.922. The molecule has 2 aliphatic rings. The van der Waals surface area contributed by atoms with Crippen LogP contribution >= 0.6 is 0 Å². The molecule has 1 N–H and O–H groups in total. The molecule has 1 saturated carbocycles. The summed E-state index contributed by atoms with van der Waals surface area (Å²) >= 11 is 0. The molecule has 25 heavy (non-hydrogen) atoms. The van der Waals surface area contributed by atoms with Gasteiger partial charge in [-0.2, -0.15) is 5.10 Å². The SMILES string of the molecule is CC(C)n1ncc2c(C(=O)N3CCCC3C(=O)O)cc(C3CC3)nc21. The van der Waals surface area contributed by atoms with Gasteiger partial charge in [-0.05, 0) is 45.6 Å². The van der Waals surface area contributed by atoms with E-state index in [2.05, 4.69) is 5.10 Å². The van der Waals surface area contributed by atoms with Crippen molar-refractivity contribution in [2.24, 2.45) is 0 Å². The summed E-state index contributed by atoms with van der Waals surface area (Å²) in [5.74, 6) is -0.751. The summed E-state index contributed by atoms with van der Waals surface area (Å²) in [4.78, 5) is 30.9. The van der Waals surface area contributed by atoms with Gasteiger partial charge in [-0.1, -0.05) is 0 Å². The Kier molecular flexibility index (Phi) is 3.74. The second-order valence-electron chi connectivity index (χ2n) is 7.28. The standard InChI is InChI=1S/C18H22N4O3/c1-10(2)22-16-13(9-19-22)12(8-14(20-16)11-5-6-11)17(23)21-7-3-4-15(21)18(24)25/h8-11,15H,3-7H2,1-2H3,(H,24,25). The van der Waals surface area contributed by atoms with E-state index < -0.39 is 12.0 Å². The molecule has 7 nitrogen and oxygen atoms in total. The molecule has 1 atom stereocenters. The van der Waals surface area contributed by atoms with Gasteiger partial charge in [0.15, 0.2) is 5.65 Å². The normalized spacial score (nSPS) is 20.6. The van der Waals surface area contributed by atoms with Crippen molar-refractivity contribution in [2.75, 3.05) is 6.54 Å². The van der Waals surface area contributed by atoms with Crippen LogP contribution in [-0.2, 0) is 4.79 Å². The largest absolute Gasteiger partial charge is 0.480 e. The minimum Gasteiger partial charge on any atom is -0.480 e. The van der Waals surface area contributed by atoms with E-state index >= 15 is 0 Å². The van der Waals surface area contributed by atoms with E-state index in [1.807, 2.05) is 24.6 Å². The van der Waals surface area contributed by atoms with Gasteiger partial charge in [0.1, 0.15) is 6.04 Å². The fourth-order valence-corrected chi connectivity index (χ4v) is 3.60. The highest BCUT2D eigenvalue weighted by Crippen LogP contribution is 2.40. The lowest BCUT2D eigenvalue weighted by molar-refractivity contribution is -0.141. The molecule has 1 aliphatic heterocycles. The van der Waals surface area contributed by atoms with Gasteiger partial charge in [-0.3, -0.25) is 4.79 Å². The lowest BCUT2D eigenvalue weighted by Gasteiger charge is -2.22. The number of carboxylic acids is 1. The Labute approximate surface area is 145 Å². The van der Waals surface area contributed by atoms with Crippen molar-refractivity contribution >= 4 is 22.9 Å². The van der Waals surface area contributed by atoms with Crippen LogP contribution < -0.4 is 0 Å². The number of amides is 1. The van der Waals surface area contributed by atoms with Crippen molar-refractivity contribution in [3.05, 3.63) is 23.5 Å². The van der Waals surface area contributed by atoms with Gasteiger partial charge in [0, 0.05) is 24.2 Å². The first-order valence-electron chi connectivity index (χ1n) is 8.89. The van der Waals surface area contributed by atoms with E-state index in [1.165, 1.54) is 4.90 Å². The molecule has 1 aliphatic carbocycles. The predicted octanol–water partition coefficient (Wildman–Crippen LogP) is 2.58. The number of rotatable bonds is 4. The van der Waals surface area contributed by atoms with Crippen LogP contribution in [0.25, 0.3) is 11.0 Å². The van der Waals surface area contributed by atoms with Gasteiger partial charge >= 0.3 is 5.97 Å². The van der Waals surface area contributed by atoms with Crippen LogP contribution in [-0.4, -0.2) is 49.2 Å². The average molecular weight is 342 g/mol. The molecule has 2 fully saturated rings. The summed E-state index contributed by atoms with van der Waals surface area (Å²) < 4.78 is 1.83. The van der Waals surface area contributed by atoms with E-state index in [4.69, 9.17) is 4.98 Å². The maximum absolute atomic E-state index is 13.1. The lowest BCUT2D eigenvalue weighted by Crippen LogP contribution is -2.40. The number of hydrogen-bond donors (Lipinski definition) is 1. The highest BCUT2D eigenvalue weighted by atomic mass is 16.4. The zero-order chi connectivity index (χ0) is 17.7. The van der Waals surface area contributed by atoms with Crippen molar-refractivity contribution in [2.45, 2.75) is 57.5 Å². The second-order valence-corrected chi connectivity index (χ2v) is 7.28. The molecule has 1 amide bonds. The molecule has 0 aromatic carbocycles. The first-order chi connectivity index (χ1) is 12.0. The molecule has 2 aromatic rings. The van der Waals surface area contributed by atoms with Gasteiger partial charge in [0.25, 0.3) is 5.91 Å². The first kappa shape index (κ1) is 16.1. The molecule has 0 spiro atoms. The van der Waals surface area contributed by atoms with Crippen molar-refractivity contribution in [1.82, 2.24) is 19.7 Å². The third-order valence-corrected chi connectivity index (χ3v) is 5.10. The Morgan fingerprint density at radius 3 is 2.68 bits per heavy atom. The van der Waals surface area contributed by atoms with Crippen molar-refractivity contribution in [1.29, 1.82) is 0 Å². The maximum Gasteiger partial charge on any atom is 0.326 e. The number of fused-ring (bicyclic) bond motifs is 1. The highest BCUT2D eigenvalue weighted by Gasteiger charge is 2.36. The Morgan fingerprint density at radius 1 is 1.28 bits per heavy atom. The summed E-state index contributed by atoms with van der Waals surface area (Å²) in [5.41, 5.74) is 2.17. The summed E-state index contributed by atoms with van der Waals surface area (Å²) in [6, 6.07) is 1.26. The first-order valence-corrected chi connectivity index (χ1v) is 8.89. The summed E-state index contributed by atoms with van der Waals surface area (Å²) in [7, 11) is 0. The Hall–Kier alpha value is -2.44. The monoisotopic (exact) mass is 342 g/mol. The molecule has 1 saturated heterocycles. The number of carbonyl (C=O) groups is 2. The van der Waals surface area contributed by atoms with Gasteiger partial charge in [-0.25, -0.2) is 14.5 Å². The van der Waals surface area contributed by atoms with Crippen LogP contribution in [0.15, 0.2) is 12.3 Å². The van der Waals surface area contributed by atoms with Gasteiger partial charge in [0.2, 0.25) is 0 Å².